The lowest BCUT2D eigenvalue weighted by atomic mass is 10.1. The molecule has 0 spiro atoms. The van der Waals surface area contributed by atoms with E-state index in [1.54, 1.807) is 12.1 Å². The summed E-state index contributed by atoms with van der Waals surface area (Å²) in [7, 11) is 0. The Kier molecular flexibility index (Phi) is 3.31. The zero-order valence-corrected chi connectivity index (χ0v) is 9.65. The van der Waals surface area contributed by atoms with Gasteiger partial charge in [-0.1, -0.05) is 11.6 Å². The maximum Gasteiger partial charge on any atom is 0.141 e. The Balaban J connectivity index is 2.39. The fourth-order valence-electron chi connectivity index (χ4n) is 1.50. The van der Waals surface area contributed by atoms with Gasteiger partial charge in [0.2, 0.25) is 0 Å². The molecular formula is C11H11ClFN3O. The molecule has 2 rings (SSSR count). The van der Waals surface area contributed by atoms with Gasteiger partial charge in [0.25, 0.3) is 0 Å². The van der Waals surface area contributed by atoms with Crippen molar-refractivity contribution >= 4 is 17.4 Å². The fraction of sp³-hybridized carbons (Fsp3) is 0.182. The molecule has 2 aromatic rings. The summed E-state index contributed by atoms with van der Waals surface area (Å²) in [5.74, 6) is -0.0346. The molecule has 6 heteroatoms. The molecule has 0 unspecified atom stereocenters. The molecule has 0 bridgehead atoms. The van der Waals surface area contributed by atoms with Crippen LogP contribution < -0.4 is 5.73 Å². The molecular weight excluding hydrogens is 245 g/mol. The first kappa shape index (κ1) is 11.9. The first-order chi connectivity index (χ1) is 8.11. The molecule has 0 saturated carbocycles. The molecule has 0 aliphatic rings. The number of benzene rings is 1. The summed E-state index contributed by atoms with van der Waals surface area (Å²) in [5, 5.41) is 13.0. The third-order valence-corrected chi connectivity index (χ3v) is 2.63. The van der Waals surface area contributed by atoms with Gasteiger partial charge in [-0.15, -0.1) is 0 Å². The SMILES string of the molecule is Nc1cc(-c2ccc(F)c(Cl)c2)nn1CCO. The molecule has 17 heavy (non-hydrogen) atoms. The number of nitrogens with two attached hydrogens (primary N) is 1. The highest BCUT2D eigenvalue weighted by Crippen LogP contribution is 2.25. The monoisotopic (exact) mass is 255 g/mol. The smallest absolute Gasteiger partial charge is 0.141 e. The van der Waals surface area contributed by atoms with Crippen LogP contribution >= 0.6 is 11.6 Å². The molecule has 0 aliphatic heterocycles. The summed E-state index contributed by atoms with van der Waals surface area (Å²) >= 11 is 5.69. The van der Waals surface area contributed by atoms with Gasteiger partial charge in [0, 0.05) is 11.6 Å². The van der Waals surface area contributed by atoms with Gasteiger partial charge in [-0.05, 0) is 18.2 Å². The molecule has 0 atom stereocenters. The van der Waals surface area contributed by atoms with Crippen molar-refractivity contribution in [1.29, 1.82) is 0 Å². The number of hydrogen-bond donors (Lipinski definition) is 2. The lowest BCUT2D eigenvalue weighted by molar-refractivity contribution is 0.270. The van der Waals surface area contributed by atoms with E-state index in [9.17, 15) is 4.39 Å². The Morgan fingerprint density at radius 2 is 2.18 bits per heavy atom. The van der Waals surface area contributed by atoms with Gasteiger partial charge in [0.1, 0.15) is 11.6 Å². The van der Waals surface area contributed by atoms with Gasteiger partial charge in [-0.25, -0.2) is 9.07 Å². The minimum atomic E-state index is -0.474. The summed E-state index contributed by atoms with van der Waals surface area (Å²) in [6.07, 6.45) is 0. The lowest BCUT2D eigenvalue weighted by Gasteiger charge is -2.00. The highest BCUT2D eigenvalue weighted by atomic mass is 35.5. The Hall–Kier alpha value is -1.59. The Bertz CT molecular complexity index is 542. The number of hydrogen-bond acceptors (Lipinski definition) is 3. The summed E-state index contributed by atoms with van der Waals surface area (Å²) < 4.78 is 14.5. The van der Waals surface area contributed by atoms with E-state index in [0.717, 1.165) is 0 Å². The first-order valence-electron chi connectivity index (χ1n) is 5.01. The van der Waals surface area contributed by atoms with E-state index in [0.29, 0.717) is 23.6 Å². The number of rotatable bonds is 3. The molecule has 0 saturated heterocycles. The standard InChI is InChI=1S/C11H11ClFN3O/c12-8-5-7(1-2-9(8)13)10-6-11(14)16(15-10)3-4-17/h1-2,5-6,17H,3-4,14H2. The molecule has 0 amide bonds. The highest BCUT2D eigenvalue weighted by Gasteiger charge is 2.08. The number of aliphatic hydroxyl groups excluding tert-OH is 1. The molecule has 3 N–H and O–H groups in total. The fourth-order valence-corrected chi connectivity index (χ4v) is 1.68. The molecule has 90 valence electrons. The van der Waals surface area contributed by atoms with Crippen LogP contribution in [0.5, 0.6) is 0 Å². The van der Waals surface area contributed by atoms with Crippen molar-refractivity contribution < 1.29 is 9.50 Å². The van der Waals surface area contributed by atoms with Gasteiger partial charge >= 0.3 is 0 Å². The van der Waals surface area contributed by atoms with Crippen LogP contribution in [0.4, 0.5) is 10.2 Å². The zero-order valence-electron chi connectivity index (χ0n) is 8.90. The van der Waals surface area contributed by atoms with Crippen molar-refractivity contribution in [2.45, 2.75) is 6.54 Å². The third-order valence-electron chi connectivity index (χ3n) is 2.34. The average Bonchev–Trinajstić information content (AvgIpc) is 2.65. The first-order valence-corrected chi connectivity index (χ1v) is 5.39. The van der Waals surface area contributed by atoms with E-state index in [1.807, 2.05) is 0 Å². The third kappa shape index (κ3) is 2.40. The van der Waals surface area contributed by atoms with Gasteiger partial charge < -0.3 is 10.8 Å². The summed E-state index contributed by atoms with van der Waals surface area (Å²) in [4.78, 5) is 0. The van der Waals surface area contributed by atoms with Gasteiger partial charge in [0.05, 0.1) is 23.9 Å². The van der Waals surface area contributed by atoms with Crippen LogP contribution in [-0.4, -0.2) is 21.5 Å². The number of aliphatic hydroxyl groups is 1. The van der Waals surface area contributed by atoms with Crippen LogP contribution in [0.15, 0.2) is 24.3 Å². The maximum absolute atomic E-state index is 13.0. The van der Waals surface area contributed by atoms with E-state index in [-0.39, 0.29) is 11.6 Å². The number of nitrogen functional groups attached to an aromatic ring is 1. The van der Waals surface area contributed by atoms with Crippen molar-refractivity contribution in [2.75, 3.05) is 12.3 Å². The van der Waals surface area contributed by atoms with E-state index < -0.39 is 5.82 Å². The van der Waals surface area contributed by atoms with Crippen molar-refractivity contribution in [3.8, 4) is 11.3 Å². The van der Waals surface area contributed by atoms with E-state index in [4.69, 9.17) is 22.4 Å². The highest BCUT2D eigenvalue weighted by molar-refractivity contribution is 6.31. The van der Waals surface area contributed by atoms with E-state index in [1.165, 1.54) is 16.8 Å². The van der Waals surface area contributed by atoms with Crippen LogP contribution in [0.2, 0.25) is 5.02 Å². The Morgan fingerprint density at radius 1 is 1.41 bits per heavy atom. The largest absolute Gasteiger partial charge is 0.394 e. The second-order valence-corrected chi connectivity index (χ2v) is 3.94. The molecule has 0 fully saturated rings. The minimum Gasteiger partial charge on any atom is -0.394 e. The number of aromatic nitrogens is 2. The summed E-state index contributed by atoms with van der Waals surface area (Å²) in [6, 6.07) is 5.99. The zero-order chi connectivity index (χ0) is 12.4. The molecule has 0 radical (unpaired) electrons. The molecule has 0 aliphatic carbocycles. The van der Waals surface area contributed by atoms with Crippen LogP contribution in [-0.2, 0) is 6.54 Å². The van der Waals surface area contributed by atoms with E-state index >= 15 is 0 Å². The molecule has 1 heterocycles. The molecule has 4 nitrogen and oxygen atoms in total. The predicted molar refractivity (Wildman–Crippen MR) is 64.1 cm³/mol. The van der Waals surface area contributed by atoms with Crippen molar-refractivity contribution in [2.24, 2.45) is 0 Å². The summed E-state index contributed by atoms with van der Waals surface area (Å²) in [5.41, 5.74) is 6.99. The number of halogens is 2. The Labute approximate surface area is 102 Å². The van der Waals surface area contributed by atoms with Crippen LogP contribution in [0.25, 0.3) is 11.3 Å². The number of anilines is 1. The second kappa shape index (κ2) is 4.73. The summed E-state index contributed by atoms with van der Waals surface area (Å²) in [6.45, 7) is 0.274. The molecule has 1 aromatic carbocycles. The van der Waals surface area contributed by atoms with E-state index in [2.05, 4.69) is 5.10 Å². The minimum absolute atomic E-state index is 0.0396. The van der Waals surface area contributed by atoms with Crippen molar-refractivity contribution in [3.63, 3.8) is 0 Å². The van der Waals surface area contributed by atoms with Crippen LogP contribution in [0, 0.1) is 5.82 Å². The van der Waals surface area contributed by atoms with Crippen LogP contribution in [0.1, 0.15) is 0 Å². The second-order valence-electron chi connectivity index (χ2n) is 3.53. The van der Waals surface area contributed by atoms with Crippen molar-refractivity contribution in [3.05, 3.63) is 35.1 Å². The number of nitrogens with zero attached hydrogens (tertiary/aromatic N) is 2. The van der Waals surface area contributed by atoms with Gasteiger partial charge in [0.15, 0.2) is 0 Å². The maximum atomic E-state index is 13.0. The van der Waals surface area contributed by atoms with Gasteiger partial charge in [-0.2, -0.15) is 5.10 Å². The van der Waals surface area contributed by atoms with Gasteiger partial charge in [-0.3, -0.25) is 0 Å². The Morgan fingerprint density at radius 3 is 2.82 bits per heavy atom. The van der Waals surface area contributed by atoms with Crippen LogP contribution in [0.3, 0.4) is 0 Å². The normalized spacial score (nSPS) is 10.8. The quantitative estimate of drug-likeness (QED) is 0.881. The topological polar surface area (TPSA) is 64.1 Å². The van der Waals surface area contributed by atoms with Crippen molar-refractivity contribution in [1.82, 2.24) is 9.78 Å². The predicted octanol–water partition coefficient (Wildman–Crippen LogP) is 1.92. The molecule has 1 aromatic heterocycles. The lowest BCUT2D eigenvalue weighted by Crippen LogP contribution is -2.07. The average molecular weight is 256 g/mol.